The van der Waals surface area contributed by atoms with E-state index in [9.17, 15) is 4.79 Å². The van der Waals surface area contributed by atoms with Crippen LogP contribution in [-0.4, -0.2) is 37.2 Å². The molecule has 17 heavy (non-hydrogen) atoms. The topological polar surface area (TPSA) is 63.2 Å². The first-order chi connectivity index (χ1) is 8.22. The number of nitrogens with one attached hydrogen (secondary N) is 2. The molecule has 0 aromatic carbocycles. The molecule has 1 aromatic heterocycles. The smallest absolute Gasteiger partial charge is 0.231 e. The highest BCUT2D eigenvalue weighted by Crippen LogP contribution is 2.18. The molecule has 2 heterocycles. The summed E-state index contributed by atoms with van der Waals surface area (Å²) in [7, 11) is 1.84. The Hall–Kier alpha value is -1.46. The number of aryl methyl sites for hydroxylation is 1. The largest absolute Gasteiger partial charge is 0.379 e. The molecule has 5 heteroatoms. The highest BCUT2D eigenvalue weighted by Gasteiger charge is 2.33. The molecular formula is C12H17N3O2. The van der Waals surface area contributed by atoms with E-state index in [0.717, 1.165) is 11.3 Å². The Balaban J connectivity index is 2.04. The molecule has 1 saturated heterocycles. The van der Waals surface area contributed by atoms with E-state index in [2.05, 4.69) is 15.6 Å². The van der Waals surface area contributed by atoms with Gasteiger partial charge in [0.25, 0.3) is 0 Å². The van der Waals surface area contributed by atoms with Crippen LogP contribution < -0.4 is 10.6 Å². The molecule has 1 amide bonds. The third-order valence-corrected chi connectivity index (χ3v) is 3.07. The zero-order valence-corrected chi connectivity index (χ0v) is 10.1. The lowest BCUT2D eigenvalue weighted by molar-refractivity contribution is -0.120. The van der Waals surface area contributed by atoms with Gasteiger partial charge in [-0.3, -0.25) is 9.78 Å². The molecule has 0 aliphatic carbocycles. The number of aromatic nitrogens is 1. The van der Waals surface area contributed by atoms with Crippen molar-refractivity contribution in [3.63, 3.8) is 0 Å². The zero-order chi connectivity index (χ0) is 12.3. The summed E-state index contributed by atoms with van der Waals surface area (Å²) in [5.74, 6) is -0.135. The second-order valence-corrected chi connectivity index (χ2v) is 4.22. The average molecular weight is 235 g/mol. The molecular weight excluding hydrogens is 218 g/mol. The normalized spacial score (nSPS) is 23.6. The van der Waals surface area contributed by atoms with Gasteiger partial charge >= 0.3 is 0 Å². The SMILES string of the molecule is CNC1COCC1C(=O)Nc1ccncc1C. The number of amides is 1. The lowest BCUT2D eigenvalue weighted by Crippen LogP contribution is -2.39. The number of pyridine rings is 1. The molecule has 0 radical (unpaired) electrons. The summed E-state index contributed by atoms with van der Waals surface area (Å²) < 4.78 is 5.31. The molecule has 2 unspecified atom stereocenters. The maximum absolute atomic E-state index is 12.1. The number of anilines is 1. The summed E-state index contributed by atoms with van der Waals surface area (Å²) in [4.78, 5) is 16.1. The lowest BCUT2D eigenvalue weighted by atomic mass is 10.0. The minimum atomic E-state index is -0.132. The first kappa shape index (κ1) is 12.0. The summed E-state index contributed by atoms with van der Waals surface area (Å²) in [6.07, 6.45) is 3.40. The molecule has 92 valence electrons. The van der Waals surface area contributed by atoms with Crippen molar-refractivity contribution in [2.24, 2.45) is 5.92 Å². The highest BCUT2D eigenvalue weighted by molar-refractivity contribution is 5.93. The third kappa shape index (κ3) is 2.62. The fourth-order valence-corrected chi connectivity index (χ4v) is 1.94. The Kier molecular flexibility index (Phi) is 3.71. The minimum absolute atomic E-state index is 0.00356. The molecule has 0 saturated carbocycles. The van der Waals surface area contributed by atoms with Crippen LogP contribution in [0.3, 0.4) is 0 Å². The lowest BCUT2D eigenvalue weighted by Gasteiger charge is -2.17. The minimum Gasteiger partial charge on any atom is -0.379 e. The number of hydrogen-bond acceptors (Lipinski definition) is 4. The Morgan fingerprint density at radius 2 is 2.35 bits per heavy atom. The Labute approximate surface area is 101 Å². The van der Waals surface area contributed by atoms with E-state index in [1.54, 1.807) is 18.5 Å². The van der Waals surface area contributed by atoms with Crippen LogP contribution in [0.4, 0.5) is 5.69 Å². The van der Waals surface area contributed by atoms with Gasteiger partial charge in [0.15, 0.2) is 0 Å². The van der Waals surface area contributed by atoms with Crippen LogP contribution in [0.25, 0.3) is 0 Å². The number of hydrogen-bond donors (Lipinski definition) is 2. The second kappa shape index (κ2) is 5.25. The van der Waals surface area contributed by atoms with E-state index in [1.807, 2.05) is 14.0 Å². The van der Waals surface area contributed by atoms with Crippen molar-refractivity contribution in [3.8, 4) is 0 Å². The van der Waals surface area contributed by atoms with E-state index >= 15 is 0 Å². The van der Waals surface area contributed by atoms with Gasteiger partial charge in [0, 0.05) is 24.1 Å². The van der Waals surface area contributed by atoms with Crippen LogP contribution in [0.2, 0.25) is 0 Å². The van der Waals surface area contributed by atoms with E-state index < -0.39 is 0 Å². The maximum Gasteiger partial charge on any atom is 0.231 e. The van der Waals surface area contributed by atoms with E-state index in [-0.39, 0.29) is 17.9 Å². The molecule has 1 aliphatic rings. The summed E-state index contributed by atoms with van der Waals surface area (Å²) in [5, 5.41) is 6.01. The quantitative estimate of drug-likeness (QED) is 0.803. The Morgan fingerprint density at radius 3 is 3.06 bits per heavy atom. The van der Waals surface area contributed by atoms with Gasteiger partial charge < -0.3 is 15.4 Å². The second-order valence-electron chi connectivity index (χ2n) is 4.22. The van der Waals surface area contributed by atoms with Crippen molar-refractivity contribution in [1.82, 2.24) is 10.3 Å². The average Bonchev–Trinajstić information content (AvgIpc) is 2.80. The summed E-state index contributed by atoms with van der Waals surface area (Å²) in [6.45, 7) is 2.98. The van der Waals surface area contributed by atoms with E-state index in [1.165, 1.54) is 0 Å². The van der Waals surface area contributed by atoms with E-state index in [4.69, 9.17) is 4.74 Å². The maximum atomic E-state index is 12.1. The zero-order valence-electron chi connectivity index (χ0n) is 10.1. The van der Waals surface area contributed by atoms with Crippen molar-refractivity contribution >= 4 is 11.6 Å². The van der Waals surface area contributed by atoms with Gasteiger partial charge in [0.1, 0.15) is 0 Å². The van der Waals surface area contributed by atoms with Crippen LogP contribution in [-0.2, 0) is 9.53 Å². The summed E-state index contributed by atoms with van der Waals surface area (Å²) in [6, 6.07) is 1.90. The highest BCUT2D eigenvalue weighted by atomic mass is 16.5. The third-order valence-electron chi connectivity index (χ3n) is 3.07. The number of rotatable bonds is 3. The standard InChI is InChI=1S/C12H17N3O2/c1-8-5-14-4-3-10(8)15-12(16)9-6-17-7-11(9)13-2/h3-5,9,11,13H,6-7H2,1-2H3,(H,14,15,16). The monoisotopic (exact) mass is 235 g/mol. The van der Waals surface area contributed by atoms with E-state index in [0.29, 0.717) is 13.2 Å². The van der Waals surface area contributed by atoms with Crippen LogP contribution in [0.5, 0.6) is 0 Å². The van der Waals surface area contributed by atoms with Gasteiger partial charge in [-0.25, -0.2) is 0 Å². The number of carbonyl (C=O) groups excluding carboxylic acids is 1. The molecule has 2 N–H and O–H groups in total. The molecule has 2 atom stereocenters. The fourth-order valence-electron chi connectivity index (χ4n) is 1.94. The first-order valence-corrected chi connectivity index (χ1v) is 5.69. The number of likely N-dealkylation sites (N-methyl/N-ethyl adjacent to an activating group) is 1. The van der Waals surface area contributed by atoms with Crippen LogP contribution in [0.15, 0.2) is 18.5 Å². The van der Waals surface area contributed by atoms with Gasteiger partial charge in [-0.1, -0.05) is 0 Å². The molecule has 0 spiro atoms. The predicted octanol–water partition coefficient (Wildman–Crippen LogP) is 0.563. The fraction of sp³-hybridized carbons (Fsp3) is 0.500. The number of carbonyl (C=O) groups is 1. The number of ether oxygens (including phenoxy) is 1. The Morgan fingerprint density at radius 1 is 1.53 bits per heavy atom. The van der Waals surface area contributed by atoms with Crippen molar-refractivity contribution in [1.29, 1.82) is 0 Å². The van der Waals surface area contributed by atoms with Gasteiger partial charge in [0.2, 0.25) is 5.91 Å². The van der Waals surface area contributed by atoms with Gasteiger partial charge in [0.05, 0.1) is 19.1 Å². The summed E-state index contributed by atoms with van der Waals surface area (Å²) in [5.41, 5.74) is 1.77. The first-order valence-electron chi connectivity index (χ1n) is 5.69. The van der Waals surface area contributed by atoms with Gasteiger partial charge in [-0.15, -0.1) is 0 Å². The van der Waals surface area contributed by atoms with Crippen LogP contribution in [0.1, 0.15) is 5.56 Å². The van der Waals surface area contributed by atoms with Crippen molar-refractivity contribution < 1.29 is 9.53 Å². The molecule has 5 nitrogen and oxygen atoms in total. The summed E-state index contributed by atoms with van der Waals surface area (Å²) >= 11 is 0. The van der Waals surface area contributed by atoms with Crippen LogP contribution in [0, 0.1) is 12.8 Å². The van der Waals surface area contributed by atoms with Crippen molar-refractivity contribution in [2.45, 2.75) is 13.0 Å². The molecule has 1 fully saturated rings. The predicted molar refractivity (Wildman–Crippen MR) is 64.8 cm³/mol. The molecule has 1 aromatic rings. The molecule has 0 bridgehead atoms. The number of nitrogens with zero attached hydrogens (tertiary/aromatic N) is 1. The Bertz CT molecular complexity index is 408. The molecule has 2 rings (SSSR count). The van der Waals surface area contributed by atoms with Crippen molar-refractivity contribution in [2.75, 3.05) is 25.6 Å². The van der Waals surface area contributed by atoms with Crippen molar-refractivity contribution in [3.05, 3.63) is 24.0 Å². The molecule has 1 aliphatic heterocycles. The van der Waals surface area contributed by atoms with Gasteiger partial charge in [-0.2, -0.15) is 0 Å². The van der Waals surface area contributed by atoms with Gasteiger partial charge in [-0.05, 0) is 25.6 Å². The van der Waals surface area contributed by atoms with Crippen LogP contribution >= 0.6 is 0 Å².